The fourth-order valence-electron chi connectivity index (χ4n) is 2.23. The molecule has 0 aliphatic heterocycles. The lowest BCUT2D eigenvalue weighted by atomic mass is 10.1. The van der Waals surface area contributed by atoms with Crippen LogP contribution in [0.25, 0.3) is 0 Å². The summed E-state index contributed by atoms with van der Waals surface area (Å²) in [5.41, 5.74) is 1.43. The van der Waals surface area contributed by atoms with Gasteiger partial charge in [-0.3, -0.25) is 0 Å². The number of hydrogen-bond acceptors (Lipinski definition) is 1. The lowest BCUT2D eigenvalue weighted by Crippen LogP contribution is -2.19. The van der Waals surface area contributed by atoms with Gasteiger partial charge in [-0.25, -0.2) is 0 Å². The SMILES string of the molecule is Clc1ccc(C2CC2CNC2CC2)cc1Br. The molecule has 1 aromatic rings. The molecular weight excluding hydrogens is 286 g/mol. The predicted molar refractivity (Wildman–Crippen MR) is 71.0 cm³/mol. The Hall–Kier alpha value is -0.0500. The molecule has 2 fully saturated rings. The Morgan fingerprint density at radius 2 is 2.19 bits per heavy atom. The molecule has 0 aromatic heterocycles. The Morgan fingerprint density at radius 1 is 1.38 bits per heavy atom. The molecule has 0 saturated heterocycles. The molecule has 86 valence electrons. The minimum absolute atomic E-state index is 0.750. The third-order valence-corrected chi connectivity index (χ3v) is 4.75. The van der Waals surface area contributed by atoms with Crippen molar-refractivity contribution in [2.45, 2.75) is 31.2 Å². The Bertz CT molecular complexity index is 403. The van der Waals surface area contributed by atoms with Crippen molar-refractivity contribution in [3.8, 4) is 0 Å². The molecule has 2 atom stereocenters. The first-order valence-electron chi connectivity index (χ1n) is 5.92. The van der Waals surface area contributed by atoms with Crippen LogP contribution in [0, 0.1) is 5.92 Å². The first kappa shape index (κ1) is 11.1. The van der Waals surface area contributed by atoms with Crippen molar-refractivity contribution in [3.05, 3.63) is 33.3 Å². The molecule has 0 spiro atoms. The van der Waals surface area contributed by atoms with Gasteiger partial charge in [-0.2, -0.15) is 0 Å². The van der Waals surface area contributed by atoms with E-state index >= 15 is 0 Å². The van der Waals surface area contributed by atoms with E-state index in [0.717, 1.165) is 27.4 Å². The summed E-state index contributed by atoms with van der Waals surface area (Å²) in [6, 6.07) is 7.15. The van der Waals surface area contributed by atoms with Gasteiger partial charge in [0.05, 0.1) is 5.02 Å². The predicted octanol–water partition coefficient (Wildman–Crippen LogP) is 3.96. The lowest BCUT2D eigenvalue weighted by Gasteiger charge is -2.04. The van der Waals surface area contributed by atoms with E-state index in [4.69, 9.17) is 11.6 Å². The Morgan fingerprint density at radius 3 is 2.88 bits per heavy atom. The molecule has 2 aliphatic carbocycles. The summed E-state index contributed by atoms with van der Waals surface area (Å²) in [4.78, 5) is 0. The molecular formula is C13H15BrClN. The minimum Gasteiger partial charge on any atom is -0.314 e. The van der Waals surface area contributed by atoms with E-state index in [1.807, 2.05) is 6.07 Å². The Labute approximate surface area is 110 Å². The van der Waals surface area contributed by atoms with Crippen LogP contribution < -0.4 is 5.32 Å². The highest BCUT2D eigenvalue weighted by Crippen LogP contribution is 2.48. The number of nitrogens with one attached hydrogen (secondary N) is 1. The summed E-state index contributed by atoms with van der Waals surface area (Å²) in [7, 11) is 0. The summed E-state index contributed by atoms with van der Waals surface area (Å²) in [6.45, 7) is 1.19. The molecule has 1 aromatic carbocycles. The Balaban J connectivity index is 1.59. The fourth-order valence-corrected chi connectivity index (χ4v) is 2.74. The van der Waals surface area contributed by atoms with Gasteiger partial charge in [-0.05, 0) is 71.3 Å². The van der Waals surface area contributed by atoms with Gasteiger partial charge in [-0.1, -0.05) is 17.7 Å². The second-order valence-corrected chi connectivity index (χ2v) is 6.22. The Kier molecular flexibility index (Phi) is 2.99. The number of benzene rings is 1. The smallest absolute Gasteiger partial charge is 0.0548 e. The van der Waals surface area contributed by atoms with Gasteiger partial charge in [0.25, 0.3) is 0 Å². The molecule has 1 nitrogen and oxygen atoms in total. The highest BCUT2D eigenvalue weighted by molar-refractivity contribution is 9.10. The van der Waals surface area contributed by atoms with Crippen LogP contribution in [0.3, 0.4) is 0 Å². The monoisotopic (exact) mass is 299 g/mol. The van der Waals surface area contributed by atoms with Crippen LogP contribution in [-0.4, -0.2) is 12.6 Å². The molecule has 2 saturated carbocycles. The van der Waals surface area contributed by atoms with Gasteiger partial charge in [-0.15, -0.1) is 0 Å². The summed E-state index contributed by atoms with van der Waals surface area (Å²) >= 11 is 9.48. The van der Waals surface area contributed by atoms with Crippen molar-refractivity contribution in [2.75, 3.05) is 6.54 Å². The average Bonchev–Trinajstić information content (AvgIpc) is 3.13. The summed E-state index contributed by atoms with van der Waals surface area (Å²) in [6.07, 6.45) is 4.08. The van der Waals surface area contributed by atoms with Crippen LogP contribution in [-0.2, 0) is 0 Å². The quantitative estimate of drug-likeness (QED) is 0.887. The zero-order valence-electron chi connectivity index (χ0n) is 9.05. The second-order valence-electron chi connectivity index (χ2n) is 4.96. The summed E-state index contributed by atoms with van der Waals surface area (Å²) < 4.78 is 1.02. The van der Waals surface area contributed by atoms with Crippen molar-refractivity contribution in [1.29, 1.82) is 0 Å². The second kappa shape index (κ2) is 4.32. The molecule has 3 heteroatoms. The molecule has 1 N–H and O–H groups in total. The van der Waals surface area contributed by atoms with Crippen molar-refractivity contribution >= 4 is 27.5 Å². The molecule has 16 heavy (non-hydrogen) atoms. The van der Waals surface area contributed by atoms with E-state index in [2.05, 4.69) is 33.4 Å². The lowest BCUT2D eigenvalue weighted by molar-refractivity contribution is 0.624. The van der Waals surface area contributed by atoms with Crippen LogP contribution in [0.2, 0.25) is 5.02 Å². The zero-order chi connectivity index (χ0) is 11.1. The van der Waals surface area contributed by atoms with Gasteiger partial charge in [0.2, 0.25) is 0 Å². The maximum absolute atomic E-state index is 5.99. The van der Waals surface area contributed by atoms with Gasteiger partial charge in [0.15, 0.2) is 0 Å². The molecule has 0 heterocycles. The van der Waals surface area contributed by atoms with E-state index in [9.17, 15) is 0 Å². The summed E-state index contributed by atoms with van der Waals surface area (Å²) in [5, 5.41) is 4.41. The van der Waals surface area contributed by atoms with Crippen molar-refractivity contribution in [3.63, 3.8) is 0 Å². The number of halogens is 2. The summed E-state index contributed by atoms with van der Waals surface area (Å²) in [5.74, 6) is 1.59. The fraction of sp³-hybridized carbons (Fsp3) is 0.538. The third-order valence-electron chi connectivity index (χ3n) is 3.54. The van der Waals surface area contributed by atoms with Gasteiger partial charge < -0.3 is 5.32 Å². The highest BCUT2D eigenvalue weighted by Gasteiger charge is 2.38. The van der Waals surface area contributed by atoms with E-state index in [-0.39, 0.29) is 0 Å². The van der Waals surface area contributed by atoms with Crippen LogP contribution in [0.5, 0.6) is 0 Å². The van der Waals surface area contributed by atoms with Crippen LogP contribution >= 0.6 is 27.5 Å². The first-order valence-corrected chi connectivity index (χ1v) is 7.09. The van der Waals surface area contributed by atoms with Crippen LogP contribution in [0.15, 0.2) is 22.7 Å². The molecule has 2 aliphatic rings. The van der Waals surface area contributed by atoms with Crippen molar-refractivity contribution < 1.29 is 0 Å². The van der Waals surface area contributed by atoms with Gasteiger partial charge >= 0.3 is 0 Å². The largest absolute Gasteiger partial charge is 0.314 e. The van der Waals surface area contributed by atoms with Crippen LogP contribution in [0.1, 0.15) is 30.7 Å². The molecule has 0 radical (unpaired) electrons. The molecule has 3 rings (SSSR count). The minimum atomic E-state index is 0.750. The third kappa shape index (κ3) is 2.44. The van der Waals surface area contributed by atoms with E-state index in [1.165, 1.54) is 31.4 Å². The molecule has 2 unspecified atom stereocenters. The topological polar surface area (TPSA) is 12.0 Å². The van der Waals surface area contributed by atoms with Gasteiger partial charge in [0, 0.05) is 10.5 Å². The van der Waals surface area contributed by atoms with E-state index in [0.29, 0.717) is 0 Å². The maximum atomic E-state index is 5.99. The normalized spacial score (nSPS) is 28.1. The van der Waals surface area contributed by atoms with E-state index in [1.54, 1.807) is 0 Å². The standard InChI is InChI=1S/C13H15BrClN/c14-12-6-8(1-4-13(12)15)11-5-9(11)7-16-10-2-3-10/h1,4,6,9-11,16H,2-3,5,7H2. The highest BCUT2D eigenvalue weighted by atomic mass is 79.9. The maximum Gasteiger partial charge on any atom is 0.0548 e. The van der Waals surface area contributed by atoms with E-state index < -0.39 is 0 Å². The number of rotatable bonds is 4. The molecule has 0 amide bonds. The average molecular weight is 301 g/mol. The molecule has 0 bridgehead atoms. The van der Waals surface area contributed by atoms with Crippen molar-refractivity contribution in [1.82, 2.24) is 5.32 Å². The first-order chi connectivity index (χ1) is 7.74. The van der Waals surface area contributed by atoms with Crippen molar-refractivity contribution in [2.24, 2.45) is 5.92 Å². The van der Waals surface area contributed by atoms with Gasteiger partial charge in [0.1, 0.15) is 0 Å². The van der Waals surface area contributed by atoms with Crippen LogP contribution in [0.4, 0.5) is 0 Å². The zero-order valence-corrected chi connectivity index (χ0v) is 11.4. The number of hydrogen-bond donors (Lipinski definition) is 1.